The van der Waals surface area contributed by atoms with Crippen molar-refractivity contribution < 1.29 is 14.6 Å². The highest BCUT2D eigenvalue weighted by atomic mass is 16.5. The Balaban J connectivity index is 2.09. The number of hydrogen-bond donors (Lipinski definition) is 1. The number of ether oxygens (including phenoxy) is 1. The number of nitrogens with zero attached hydrogens (tertiary/aromatic N) is 1. The first kappa shape index (κ1) is 15.0. The van der Waals surface area contributed by atoms with Crippen molar-refractivity contribution in [3.63, 3.8) is 0 Å². The molecular formula is C16H23NO3. The summed E-state index contributed by atoms with van der Waals surface area (Å²) in [6.07, 6.45) is 3.17. The fraction of sp³-hybridized carbons (Fsp3) is 0.562. The van der Waals surface area contributed by atoms with E-state index in [1.165, 1.54) is 0 Å². The number of benzene rings is 1. The van der Waals surface area contributed by atoms with E-state index < -0.39 is 6.23 Å². The lowest BCUT2D eigenvalue weighted by Gasteiger charge is -2.37. The molecule has 0 amide bonds. The summed E-state index contributed by atoms with van der Waals surface area (Å²) in [6.45, 7) is 4.44. The summed E-state index contributed by atoms with van der Waals surface area (Å²) in [4.78, 5) is 13.4. The molecule has 0 aliphatic carbocycles. The van der Waals surface area contributed by atoms with Crippen LogP contribution in [0.15, 0.2) is 24.3 Å². The summed E-state index contributed by atoms with van der Waals surface area (Å²) in [6, 6.07) is 7.23. The highest BCUT2D eigenvalue weighted by Gasteiger charge is 2.27. The van der Waals surface area contributed by atoms with Gasteiger partial charge in [-0.25, -0.2) is 4.90 Å². The third kappa shape index (κ3) is 3.58. The second kappa shape index (κ2) is 6.86. The fourth-order valence-corrected chi connectivity index (χ4v) is 2.60. The molecule has 2 atom stereocenters. The van der Waals surface area contributed by atoms with Gasteiger partial charge < -0.3 is 9.84 Å². The average Bonchev–Trinajstić information content (AvgIpc) is 2.46. The standard InChI is InChI=1S/C16H23NO3/c1-3-16(17-10-5-4-9-15(17)19)20-14-8-6-7-13(11-14)12(2)18/h6-8,11,15-16,19H,3-5,9-10H2,1-2H3. The third-order valence-electron chi connectivity index (χ3n) is 3.74. The van der Waals surface area contributed by atoms with Crippen molar-refractivity contribution in [2.75, 3.05) is 6.54 Å². The Kier molecular flexibility index (Phi) is 5.15. The average molecular weight is 277 g/mol. The zero-order valence-corrected chi connectivity index (χ0v) is 12.2. The molecule has 0 bridgehead atoms. The van der Waals surface area contributed by atoms with Crippen LogP contribution in [0.1, 0.15) is 49.9 Å². The van der Waals surface area contributed by atoms with E-state index in [1.807, 2.05) is 24.0 Å². The van der Waals surface area contributed by atoms with Crippen molar-refractivity contribution in [2.45, 2.75) is 52.0 Å². The molecule has 0 radical (unpaired) electrons. The molecule has 1 fully saturated rings. The van der Waals surface area contributed by atoms with Crippen molar-refractivity contribution in [3.8, 4) is 5.75 Å². The van der Waals surface area contributed by atoms with Crippen LogP contribution in [-0.2, 0) is 0 Å². The molecule has 0 aromatic heterocycles. The zero-order chi connectivity index (χ0) is 14.5. The lowest BCUT2D eigenvalue weighted by atomic mass is 10.1. The lowest BCUT2D eigenvalue weighted by Crippen LogP contribution is -2.48. The van der Waals surface area contributed by atoms with Crippen LogP contribution in [0, 0.1) is 0 Å². The molecule has 1 aromatic rings. The van der Waals surface area contributed by atoms with Gasteiger partial charge in [-0.2, -0.15) is 0 Å². The molecule has 110 valence electrons. The van der Waals surface area contributed by atoms with Crippen LogP contribution in [-0.4, -0.2) is 34.8 Å². The van der Waals surface area contributed by atoms with E-state index in [9.17, 15) is 9.90 Å². The van der Waals surface area contributed by atoms with Gasteiger partial charge in [-0.3, -0.25) is 4.79 Å². The number of hydrogen-bond acceptors (Lipinski definition) is 4. The smallest absolute Gasteiger partial charge is 0.159 e. The first-order chi connectivity index (χ1) is 9.61. The molecule has 1 aliphatic heterocycles. The van der Waals surface area contributed by atoms with Gasteiger partial charge in [0.25, 0.3) is 0 Å². The van der Waals surface area contributed by atoms with Gasteiger partial charge >= 0.3 is 0 Å². The van der Waals surface area contributed by atoms with E-state index in [4.69, 9.17) is 4.74 Å². The summed E-state index contributed by atoms with van der Waals surface area (Å²) in [5.41, 5.74) is 0.650. The van der Waals surface area contributed by atoms with Crippen LogP contribution in [0.5, 0.6) is 5.75 Å². The molecule has 1 saturated heterocycles. The monoisotopic (exact) mass is 277 g/mol. The number of aliphatic hydroxyl groups excluding tert-OH is 1. The van der Waals surface area contributed by atoms with Crippen molar-refractivity contribution in [1.29, 1.82) is 0 Å². The van der Waals surface area contributed by atoms with Crippen LogP contribution in [0.25, 0.3) is 0 Å². The number of Topliss-reactive ketones (excluding diaryl/α,β-unsaturated/α-hetero) is 1. The molecule has 4 nitrogen and oxygen atoms in total. The Bertz CT molecular complexity index is 461. The van der Waals surface area contributed by atoms with Gasteiger partial charge in [-0.1, -0.05) is 19.1 Å². The Morgan fingerprint density at radius 1 is 1.50 bits per heavy atom. The fourth-order valence-electron chi connectivity index (χ4n) is 2.60. The van der Waals surface area contributed by atoms with Crippen LogP contribution < -0.4 is 4.74 Å². The molecule has 0 spiro atoms. The number of carbonyl (C=O) groups excluding carboxylic acids is 1. The second-order valence-electron chi connectivity index (χ2n) is 5.28. The molecule has 2 rings (SSSR count). The molecule has 1 aromatic carbocycles. The van der Waals surface area contributed by atoms with Crippen molar-refractivity contribution in [2.24, 2.45) is 0 Å². The van der Waals surface area contributed by atoms with Crippen molar-refractivity contribution in [3.05, 3.63) is 29.8 Å². The maximum Gasteiger partial charge on any atom is 0.159 e. The van der Waals surface area contributed by atoms with E-state index in [-0.39, 0.29) is 12.0 Å². The van der Waals surface area contributed by atoms with Gasteiger partial charge in [0.2, 0.25) is 0 Å². The topological polar surface area (TPSA) is 49.8 Å². The zero-order valence-electron chi connectivity index (χ0n) is 12.2. The molecule has 1 aliphatic rings. The van der Waals surface area contributed by atoms with Gasteiger partial charge in [0.1, 0.15) is 12.0 Å². The highest BCUT2D eigenvalue weighted by molar-refractivity contribution is 5.94. The number of piperidine rings is 1. The van der Waals surface area contributed by atoms with Crippen molar-refractivity contribution >= 4 is 5.78 Å². The summed E-state index contributed by atoms with van der Waals surface area (Å²) in [5.74, 6) is 0.712. The van der Waals surface area contributed by atoms with Crippen LogP contribution in [0.4, 0.5) is 0 Å². The van der Waals surface area contributed by atoms with Crippen LogP contribution in [0.3, 0.4) is 0 Å². The van der Waals surface area contributed by atoms with Gasteiger partial charge in [0.05, 0.1) is 0 Å². The Hall–Kier alpha value is -1.39. The van der Waals surface area contributed by atoms with E-state index in [2.05, 4.69) is 0 Å². The molecular weight excluding hydrogens is 254 g/mol. The van der Waals surface area contributed by atoms with E-state index >= 15 is 0 Å². The molecule has 1 heterocycles. The maximum atomic E-state index is 11.4. The molecule has 1 N–H and O–H groups in total. The van der Waals surface area contributed by atoms with Gasteiger partial charge in [-0.15, -0.1) is 0 Å². The van der Waals surface area contributed by atoms with Gasteiger partial charge in [-0.05, 0) is 44.7 Å². The third-order valence-corrected chi connectivity index (χ3v) is 3.74. The number of aliphatic hydroxyl groups is 1. The Labute approximate surface area is 120 Å². The number of likely N-dealkylation sites (tertiary alicyclic amines) is 1. The normalized spacial score (nSPS) is 21.4. The summed E-state index contributed by atoms with van der Waals surface area (Å²) in [7, 11) is 0. The Morgan fingerprint density at radius 2 is 2.30 bits per heavy atom. The second-order valence-corrected chi connectivity index (χ2v) is 5.28. The van der Waals surface area contributed by atoms with Crippen molar-refractivity contribution in [1.82, 2.24) is 4.90 Å². The number of carbonyl (C=O) groups is 1. The Morgan fingerprint density at radius 3 is 2.95 bits per heavy atom. The quantitative estimate of drug-likeness (QED) is 0.841. The largest absolute Gasteiger partial charge is 0.475 e. The first-order valence-electron chi connectivity index (χ1n) is 7.33. The van der Waals surface area contributed by atoms with Gasteiger partial charge in [0, 0.05) is 12.1 Å². The number of rotatable bonds is 5. The minimum Gasteiger partial charge on any atom is -0.475 e. The van der Waals surface area contributed by atoms with E-state index in [0.29, 0.717) is 11.3 Å². The van der Waals surface area contributed by atoms with Crippen LogP contribution >= 0.6 is 0 Å². The summed E-state index contributed by atoms with van der Waals surface area (Å²) < 4.78 is 5.98. The predicted molar refractivity (Wildman–Crippen MR) is 77.7 cm³/mol. The van der Waals surface area contributed by atoms with E-state index in [1.54, 1.807) is 19.1 Å². The lowest BCUT2D eigenvalue weighted by molar-refractivity contribution is -0.108. The van der Waals surface area contributed by atoms with E-state index in [0.717, 1.165) is 32.2 Å². The first-order valence-corrected chi connectivity index (χ1v) is 7.33. The summed E-state index contributed by atoms with van der Waals surface area (Å²) >= 11 is 0. The van der Waals surface area contributed by atoms with Gasteiger partial charge in [0.15, 0.2) is 12.0 Å². The predicted octanol–water partition coefficient (Wildman–Crippen LogP) is 2.81. The molecule has 2 unspecified atom stereocenters. The minimum atomic E-state index is -0.426. The maximum absolute atomic E-state index is 11.4. The minimum absolute atomic E-state index is 0.0292. The molecule has 20 heavy (non-hydrogen) atoms. The molecule has 0 saturated carbocycles. The van der Waals surface area contributed by atoms with Crippen LogP contribution in [0.2, 0.25) is 0 Å². The SMILES string of the molecule is CCC(Oc1cccc(C(C)=O)c1)N1CCCCC1O. The molecule has 4 heteroatoms. The highest BCUT2D eigenvalue weighted by Crippen LogP contribution is 2.23. The number of ketones is 1. The summed E-state index contributed by atoms with van der Waals surface area (Å²) in [5, 5.41) is 10.1.